The molecule has 13 heavy (non-hydrogen) atoms. The Labute approximate surface area is 84.0 Å². The quantitative estimate of drug-likeness (QED) is 0.611. The zero-order valence-electron chi connectivity index (χ0n) is 7.04. The van der Waals surface area contributed by atoms with Gasteiger partial charge in [0.25, 0.3) is 0 Å². The third-order valence-corrected chi connectivity index (χ3v) is 2.70. The second-order valence-corrected chi connectivity index (χ2v) is 3.49. The molecule has 0 spiro atoms. The van der Waals surface area contributed by atoms with Gasteiger partial charge in [0.05, 0.1) is 0 Å². The van der Waals surface area contributed by atoms with E-state index in [1.54, 1.807) is 0 Å². The van der Waals surface area contributed by atoms with E-state index in [2.05, 4.69) is 20.7 Å². The predicted octanol–water partition coefficient (Wildman–Crippen LogP) is 1.48. The van der Waals surface area contributed by atoms with Crippen LogP contribution in [0.25, 0.3) is 0 Å². The molecular formula is C8H10BrFO3. The fourth-order valence-corrected chi connectivity index (χ4v) is 1.36. The summed E-state index contributed by atoms with van der Waals surface area (Å²) in [6, 6.07) is 0. The van der Waals surface area contributed by atoms with Crippen LogP contribution in [-0.2, 0) is 9.47 Å². The molecule has 1 rings (SSSR count). The molecule has 74 valence electrons. The molecule has 3 nitrogen and oxygen atoms in total. The van der Waals surface area contributed by atoms with Crippen molar-refractivity contribution in [2.45, 2.75) is 10.6 Å². The molecule has 2 unspecified atom stereocenters. The van der Waals surface area contributed by atoms with Crippen molar-refractivity contribution >= 4 is 15.9 Å². The van der Waals surface area contributed by atoms with Crippen molar-refractivity contribution in [2.75, 3.05) is 13.9 Å². The van der Waals surface area contributed by atoms with Crippen LogP contribution >= 0.6 is 15.9 Å². The van der Waals surface area contributed by atoms with E-state index in [1.807, 2.05) is 0 Å². The smallest absolute Gasteiger partial charge is 0.207 e. The van der Waals surface area contributed by atoms with Gasteiger partial charge in [-0.05, 0) is 12.2 Å². The molecule has 0 fully saturated rings. The highest BCUT2D eigenvalue weighted by Crippen LogP contribution is 2.31. The van der Waals surface area contributed by atoms with E-state index in [0.717, 1.165) is 0 Å². The maximum Gasteiger partial charge on any atom is 0.207 e. The van der Waals surface area contributed by atoms with Crippen LogP contribution in [0, 0.1) is 0 Å². The van der Waals surface area contributed by atoms with E-state index >= 15 is 0 Å². The average Bonchev–Trinajstić information content (AvgIpc) is 2.11. The number of hydrogen-bond donors (Lipinski definition) is 1. The molecule has 1 aliphatic rings. The lowest BCUT2D eigenvalue weighted by Crippen LogP contribution is -2.41. The van der Waals surface area contributed by atoms with Gasteiger partial charge < -0.3 is 14.6 Å². The Balaban J connectivity index is 2.68. The normalized spacial score (nSPS) is 33.2. The molecule has 0 saturated carbocycles. The Bertz CT molecular complexity index is 242. The summed E-state index contributed by atoms with van der Waals surface area (Å²) in [4.78, 5) is -0.889. The summed E-state index contributed by atoms with van der Waals surface area (Å²) in [6.07, 6.45) is 4.00. The SMILES string of the molecule is COCOC1(O)C=CC=C(F)C1Br. The average molecular weight is 253 g/mol. The van der Waals surface area contributed by atoms with Crippen LogP contribution in [0.3, 0.4) is 0 Å². The zero-order valence-corrected chi connectivity index (χ0v) is 8.62. The molecule has 0 heterocycles. The first kappa shape index (κ1) is 10.8. The van der Waals surface area contributed by atoms with Gasteiger partial charge in [0.15, 0.2) is 0 Å². The molecule has 1 aliphatic carbocycles. The van der Waals surface area contributed by atoms with Crippen LogP contribution in [-0.4, -0.2) is 29.6 Å². The van der Waals surface area contributed by atoms with Gasteiger partial charge in [-0.25, -0.2) is 4.39 Å². The minimum Gasteiger partial charge on any atom is -0.361 e. The van der Waals surface area contributed by atoms with Gasteiger partial charge in [0.2, 0.25) is 5.79 Å². The van der Waals surface area contributed by atoms with Crippen molar-refractivity contribution in [1.82, 2.24) is 0 Å². The van der Waals surface area contributed by atoms with E-state index in [-0.39, 0.29) is 6.79 Å². The first-order chi connectivity index (χ1) is 6.10. The highest BCUT2D eigenvalue weighted by atomic mass is 79.9. The van der Waals surface area contributed by atoms with Crippen LogP contribution in [0.5, 0.6) is 0 Å². The molecule has 0 aromatic carbocycles. The summed E-state index contributed by atoms with van der Waals surface area (Å²) in [5.74, 6) is -2.16. The Morgan fingerprint density at radius 2 is 2.46 bits per heavy atom. The Kier molecular flexibility index (Phi) is 3.61. The van der Waals surface area contributed by atoms with Gasteiger partial charge in [-0.1, -0.05) is 22.0 Å². The van der Waals surface area contributed by atoms with Crippen LogP contribution in [0.2, 0.25) is 0 Å². The predicted molar refractivity (Wildman–Crippen MR) is 49.0 cm³/mol. The van der Waals surface area contributed by atoms with Gasteiger partial charge >= 0.3 is 0 Å². The van der Waals surface area contributed by atoms with Crippen molar-refractivity contribution in [2.24, 2.45) is 0 Å². The fraction of sp³-hybridized carbons (Fsp3) is 0.500. The first-order valence-electron chi connectivity index (χ1n) is 3.64. The molecule has 0 aliphatic heterocycles. The minimum absolute atomic E-state index is 0.101. The molecule has 1 N–H and O–H groups in total. The molecular weight excluding hydrogens is 243 g/mol. The largest absolute Gasteiger partial charge is 0.361 e. The molecule has 0 bridgehead atoms. The molecule has 0 amide bonds. The maximum atomic E-state index is 13.0. The number of rotatable bonds is 3. The topological polar surface area (TPSA) is 38.7 Å². The van der Waals surface area contributed by atoms with Crippen molar-refractivity contribution in [3.05, 3.63) is 24.1 Å². The number of halogens is 2. The Morgan fingerprint density at radius 1 is 1.77 bits per heavy atom. The molecule has 5 heteroatoms. The third kappa shape index (κ3) is 2.37. The molecule has 0 aromatic heterocycles. The minimum atomic E-state index is -1.67. The highest BCUT2D eigenvalue weighted by Gasteiger charge is 2.38. The summed E-state index contributed by atoms with van der Waals surface area (Å²) in [5.41, 5.74) is 0. The standard InChI is InChI=1S/C8H10BrFO3/c1-12-5-13-8(11)4-2-3-6(10)7(8)9/h2-4,7,11H,5H2,1H3. The van der Waals surface area contributed by atoms with Gasteiger partial charge in [0, 0.05) is 7.11 Å². The fourth-order valence-electron chi connectivity index (χ4n) is 0.919. The van der Waals surface area contributed by atoms with Crippen LogP contribution in [0.15, 0.2) is 24.1 Å². The third-order valence-electron chi connectivity index (χ3n) is 1.60. The summed E-state index contributed by atoms with van der Waals surface area (Å²) in [7, 11) is 1.42. The summed E-state index contributed by atoms with van der Waals surface area (Å²) >= 11 is 2.98. The van der Waals surface area contributed by atoms with Crippen molar-refractivity contribution in [1.29, 1.82) is 0 Å². The number of allylic oxidation sites excluding steroid dienone is 2. The van der Waals surface area contributed by atoms with Gasteiger partial charge in [-0.3, -0.25) is 0 Å². The second-order valence-electron chi connectivity index (χ2n) is 2.58. The van der Waals surface area contributed by atoms with Crippen molar-refractivity contribution in [3.63, 3.8) is 0 Å². The number of ether oxygens (including phenoxy) is 2. The lowest BCUT2D eigenvalue weighted by Gasteiger charge is -2.30. The second kappa shape index (κ2) is 4.32. The lowest BCUT2D eigenvalue weighted by molar-refractivity contribution is -0.210. The number of alkyl halides is 1. The van der Waals surface area contributed by atoms with Crippen molar-refractivity contribution < 1.29 is 19.0 Å². The van der Waals surface area contributed by atoms with Gasteiger partial charge in [-0.15, -0.1) is 0 Å². The van der Waals surface area contributed by atoms with E-state index in [9.17, 15) is 9.50 Å². The molecule has 0 radical (unpaired) electrons. The number of methoxy groups -OCH3 is 1. The van der Waals surface area contributed by atoms with Gasteiger partial charge in [-0.2, -0.15) is 0 Å². The lowest BCUT2D eigenvalue weighted by atomic mass is 10.1. The van der Waals surface area contributed by atoms with Crippen LogP contribution < -0.4 is 0 Å². The van der Waals surface area contributed by atoms with E-state index in [0.29, 0.717) is 0 Å². The summed E-state index contributed by atoms with van der Waals surface area (Å²) in [5, 5.41) is 9.72. The zero-order chi connectivity index (χ0) is 9.90. The molecule has 0 aromatic rings. The Morgan fingerprint density at radius 3 is 3.08 bits per heavy atom. The van der Waals surface area contributed by atoms with E-state index in [1.165, 1.54) is 25.3 Å². The first-order valence-corrected chi connectivity index (χ1v) is 4.56. The molecule has 2 atom stereocenters. The van der Waals surface area contributed by atoms with Crippen molar-refractivity contribution in [3.8, 4) is 0 Å². The number of aliphatic hydroxyl groups is 1. The summed E-state index contributed by atoms with van der Waals surface area (Å²) in [6.45, 7) is -0.101. The monoisotopic (exact) mass is 252 g/mol. The summed E-state index contributed by atoms with van der Waals surface area (Å²) < 4.78 is 22.5. The van der Waals surface area contributed by atoms with E-state index in [4.69, 9.17) is 4.74 Å². The van der Waals surface area contributed by atoms with Crippen LogP contribution in [0.1, 0.15) is 0 Å². The van der Waals surface area contributed by atoms with Crippen LogP contribution in [0.4, 0.5) is 4.39 Å². The highest BCUT2D eigenvalue weighted by molar-refractivity contribution is 9.09. The Hall–Kier alpha value is -0.230. The maximum absolute atomic E-state index is 13.0. The van der Waals surface area contributed by atoms with Gasteiger partial charge in [0.1, 0.15) is 17.4 Å². The number of hydrogen-bond acceptors (Lipinski definition) is 3. The molecule has 0 saturated heterocycles. The van der Waals surface area contributed by atoms with E-state index < -0.39 is 16.4 Å².